The molecule has 1 unspecified atom stereocenters. The van der Waals surface area contributed by atoms with Crippen LogP contribution in [0.1, 0.15) is 18.4 Å². The van der Waals surface area contributed by atoms with Crippen LogP contribution < -0.4 is 5.73 Å². The molecule has 1 atom stereocenters. The maximum atomic E-state index is 6.05. The van der Waals surface area contributed by atoms with Gasteiger partial charge >= 0.3 is 0 Å². The Hall–Kier alpha value is -0.800. The monoisotopic (exact) mass is 209 g/mol. The average molecular weight is 209 g/mol. The molecule has 1 aliphatic rings. The third kappa shape index (κ3) is 2.36. The van der Waals surface area contributed by atoms with Crippen LogP contribution in [0.15, 0.2) is 28.7 Å². The lowest BCUT2D eigenvalue weighted by atomic mass is 10.1. The van der Waals surface area contributed by atoms with E-state index in [-0.39, 0.29) is 6.04 Å². The molecule has 0 amide bonds. The molecule has 1 aliphatic heterocycles. The van der Waals surface area contributed by atoms with Gasteiger partial charge in [0.1, 0.15) is 5.76 Å². The van der Waals surface area contributed by atoms with Gasteiger partial charge in [-0.25, -0.2) is 0 Å². The smallest absolute Gasteiger partial charge is 0.109 e. The van der Waals surface area contributed by atoms with Gasteiger partial charge in [-0.1, -0.05) is 0 Å². The van der Waals surface area contributed by atoms with Crippen LogP contribution in [0, 0.1) is 0 Å². The van der Waals surface area contributed by atoms with Crippen molar-refractivity contribution in [3.63, 3.8) is 0 Å². The van der Waals surface area contributed by atoms with Gasteiger partial charge in [-0.15, -0.1) is 0 Å². The summed E-state index contributed by atoms with van der Waals surface area (Å²) in [4.78, 5) is 0. The minimum Gasteiger partial charge on any atom is -0.497 e. The van der Waals surface area contributed by atoms with E-state index >= 15 is 0 Å². The topological polar surface area (TPSA) is 35.2 Å². The zero-order valence-electron chi connectivity index (χ0n) is 8.11. The second kappa shape index (κ2) is 4.62. The molecular weight excluding hydrogens is 194 g/mol. The summed E-state index contributed by atoms with van der Waals surface area (Å²) in [6.07, 6.45) is 5.23. The van der Waals surface area contributed by atoms with Crippen LogP contribution in [0.25, 0.3) is 0 Å². The first-order valence-corrected chi connectivity index (χ1v) is 5.90. The van der Waals surface area contributed by atoms with Gasteiger partial charge in [-0.2, -0.15) is 11.3 Å². The van der Waals surface area contributed by atoms with Crippen LogP contribution in [0.4, 0.5) is 0 Å². The van der Waals surface area contributed by atoms with Crippen LogP contribution in [-0.4, -0.2) is 12.6 Å². The van der Waals surface area contributed by atoms with E-state index in [4.69, 9.17) is 10.5 Å². The SMILES string of the molecule is NC(Cc1ccsc1)C1=CCCCO1. The molecule has 14 heavy (non-hydrogen) atoms. The summed E-state index contributed by atoms with van der Waals surface area (Å²) in [5.41, 5.74) is 7.35. The molecule has 0 saturated heterocycles. The van der Waals surface area contributed by atoms with Crippen LogP contribution in [0.2, 0.25) is 0 Å². The standard InChI is InChI=1S/C11H15NOS/c12-10(7-9-4-6-14-8-9)11-3-1-2-5-13-11/h3-4,6,8,10H,1-2,5,7,12H2. The lowest BCUT2D eigenvalue weighted by Crippen LogP contribution is -2.28. The van der Waals surface area contributed by atoms with Crippen molar-refractivity contribution < 1.29 is 4.74 Å². The Balaban J connectivity index is 1.95. The summed E-state index contributed by atoms with van der Waals surface area (Å²) in [6.45, 7) is 0.823. The van der Waals surface area contributed by atoms with Crippen LogP contribution in [-0.2, 0) is 11.2 Å². The molecule has 0 aromatic carbocycles. The van der Waals surface area contributed by atoms with Gasteiger partial charge in [-0.3, -0.25) is 0 Å². The molecule has 0 bridgehead atoms. The first-order chi connectivity index (χ1) is 6.86. The Bertz CT molecular complexity index is 305. The molecule has 2 heterocycles. The van der Waals surface area contributed by atoms with Gasteiger partial charge in [0.05, 0.1) is 12.6 Å². The number of nitrogens with two attached hydrogens (primary N) is 1. The highest BCUT2D eigenvalue weighted by atomic mass is 32.1. The van der Waals surface area contributed by atoms with Crippen molar-refractivity contribution in [3.05, 3.63) is 34.2 Å². The summed E-state index contributed by atoms with van der Waals surface area (Å²) < 4.78 is 5.53. The minimum atomic E-state index is 0.0323. The summed E-state index contributed by atoms with van der Waals surface area (Å²) in [5.74, 6) is 0.974. The Kier molecular flexibility index (Phi) is 3.22. The lowest BCUT2D eigenvalue weighted by molar-refractivity contribution is 0.175. The van der Waals surface area contributed by atoms with E-state index in [0.29, 0.717) is 0 Å². The normalized spacial score (nSPS) is 18.5. The Labute approximate surface area is 88.4 Å². The molecule has 1 aromatic heterocycles. The maximum Gasteiger partial charge on any atom is 0.109 e. The zero-order valence-corrected chi connectivity index (χ0v) is 8.93. The van der Waals surface area contributed by atoms with E-state index in [1.165, 1.54) is 5.56 Å². The van der Waals surface area contributed by atoms with Gasteiger partial charge in [0.2, 0.25) is 0 Å². The van der Waals surface area contributed by atoms with Crippen molar-refractivity contribution in [2.24, 2.45) is 5.73 Å². The van der Waals surface area contributed by atoms with Crippen molar-refractivity contribution in [2.75, 3.05) is 6.61 Å². The van der Waals surface area contributed by atoms with E-state index in [1.807, 2.05) is 0 Å². The fourth-order valence-corrected chi connectivity index (χ4v) is 2.28. The van der Waals surface area contributed by atoms with E-state index in [0.717, 1.165) is 31.6 Å². The van der Waals surface area contributed by atoms with E-state index in [9.17, 15) is 0 Å². The van der Waals surface area contributed by atoms with Crippen molar-refractivity contribution in [1.29, 1.82) is 0 Å². The van der Waals surface area contributed by atoms with Crippen LogP contribution in [0.5, 0.6) is 0 Å². The maximum absolute atomic E-state index is 6.05. The van der Waals surface area contributed by atoms with Crippen LogP contribution in [0.3, 0.4) is 0 Å². The summed E-state index contributed by atoms with van der Waals surface area (Å²) in [6, 6.07) is 2.15. The quantitative estimate of drug-likeness (QED) is 0.829. The van der Waals surface area contributed by atoms with E-state index in [2.05, 4.69) is 22.9 Å². The molecule has 2 rings (SSSR count). The number of hydrogen-bond acceptors (Lipinski definition) is 3. The molecule has 0 saturated carbocycles. The molecule has 2 nitrogen and oxygen atoms in total. The fraction of sp³-hybridized carbons (Fsp3) is 0.455. The highest BCUT2D eigenvalue weighted by molar-refractivity contribution is 7.07. The predicted molar refractivity (Wildman–Crippen MR) is 59.3 cm³/mol. The molecule has 76 valence electrons. The Morgan fingerprint density at radius 2 is 2.50 bits per heavy atom. The summed E-state index contributed by atoms with van der Waals surface area (Å²) in [7, 11) is 0. The van der Waals surface area contributed by atoms with E-state index < -0.39 is 0 Å². The first kappa shape index (κ1) is 9.74. The van der Waals surface area contributed by atoms with Gasteiger partial charge in [-0.05, 0) is 47.7 Å². The van der Waals surface area contributed by atoms with Gasteiger partial charge < -0.3 is 10.5 Å². The molecule has 0 spiro atoms. The van der Waals surface area contributed by atoms with Crippen molar-refractivity contribution in [3.8, 4) is 0 Å². The largest absolute Gasteiger partial charge is 0.497 e. The van der Waals surface area contributed by atoms with Gasteiger partial charge in [0, 0.05) is 0 Å². The highest BCUT2D eigenvalue weighted by Gasteiger charge is 2.13. The molecule has 0 radical (unpaired) electrons. The summed E-state index contributed by atoms with van der Waals surface area (Å²) >= 11 is 1.71. The predicted octanol–water partition coefficient (Wildman–Crippen LogP) is 2.31. The first-order valence-electron chi connectivity index (χ1n) is 4.96. The fourth-order valence-electron chi connectivity index (χ4n) is 1.60. The van der Waals surface area contributed by atoms with Gasteiger partial charge in [0.25, 0.3) is 0 Å². The van der Waals surface area contributed by atoms with Crippen molar-refractivity contribution >= 4 is 11.3 Å². The molecule has 3 heteroatoms. The van der Waals surface area contributed by atoms with Crippen LogP contribution >= 0.6 is 11.3 Å². The Morgan fingerprint density at radius 3 is 3.14 bits per heavy atom. The van der Waals surface area contributed by atoms with E-state index in [1.54, 1.807) is 11.3 Å². The Morgan fingerprint density at radius 1 is 1.57 bits per heavy atom. The lowest BCUT2D eigenvalue weighted by Gasteiger charge is -2.20. The average Bonchev–Trinajstić information content (AvgIpc) is 2.72. The second-order valence-corrected chi connectivity index (χ2v) is 4.32. The molecule has 2 N–H and O–H groups in total. The van der Waals surface area contributed by atoms with Gasteiger partial charge in [0.15, 0.2) is 0 Å². The molecular formula is C11H15NOS. The number of hydrogen-bond donors (Lipinski definition) is 1. The third-order valence-electron chi connectivity index (χ3n) is 2.36. The number of allylic oxidation sites excluding steroid dienone is 1. The summed E-state index contributed by atoms with van der Waals surface area (Å²) in [5, 5.41) is 4.22. The third-order valence-corrected chi connectivity index (χ3v) is 3.10. The molecule has 0 fully saturated rings. The number of ether oxygens (including phenoxy) is 1. The highest BCUT2D eigenvalue weighted by Crippen LogP contribution is 2.16. The molecule has 1 aromatic rings. The van der Waals surface area contributed by atoms with Crippen molar-refractivity contribution in [2.45, 2.75) is 25.3 Å². The zero-order chi connectivity index (χ0) is 9.80. The van der Waals surface area contributed by atoms with Crippen molar-refractivity contribution in [1.82, 2.24) is 0 Å². The number of thiophene rings is 1. The second-order valence-electron chi connectivity index (χ2n) is 3.54. The minimum absolute atomic E-state index is 0.0323. The number of rotatable bonds is 3. The molecule has 0 aliphatic carbocycles.